The van der Waals surface area contributed by atoms with Gasteiger partial charge in [-0.3, -0.25) is 19.7 Å². The van der Waals surface area contributed by atoms with E-state index in [2.05, 4.69) is 49.4 Å². The van der Waals surface area contributed by atoms with Gasteiger partial charge in [0, 0.05) is 45.0 Å². The molecule has 0 aromatic carbocycles. The van der Waals surface area contributed by atoms with E-state index < -0.39 is 0 Å². The molecule has 2 aliphatic heterocycles. The Morgan fingerprint density at radius 1 is 1.18 bits per heavy atom. The Morgan fingerprint density at radius 2 is 1.89 bits per heavy atom. The van der Waals surface area contributed by atoms with Crippen LogP contribution in [0.5, 0.6) is 0 Å². The van der Waals surface area contributed by atoms with Gasteiger partial charge in [0.1, 0.15) is 0 Å². The summed E-state index contributed by atoms with van der Waals surface area (Å²) in [6.45, 7) is 12.7. The lowest BCUT2D eigenvalue weighted by Crippen LogP contribution is -2.45. The van der Waals surface area contributed by atoms with Crippen LogP contribution in [0.15, 0.2) is 11.9 Å². The Balaban J connectivity index is 1.84. The van der Waals surface area contributed by atoms with Crippen LogP contribution >= 0.6 is 0 Å². The fourth-order valence-electron chi connectivity index (χ4n) is 3.79. The number of unbranched alkanes of at least 4 members (excludes halogenated alkanes) is 2. The maximum atomic E-state index is 12.8. The Kier molecular flexibility index (Phi) is 7.75. The smallest absolute Gasteiger partial charge is 0.322 e. The van der Waals surface area contributed by atoms with E-state index >= 15 is 0 Å². The summed E-state index contributed by atoms with van der Waals surface area (Å²) in [7, 11) is 2.05. The van der Waals surface area contributed by atoms with Gasteiger partial charge < -0.3 is 4.90 Å². The van der Waals surface area contributed by atoms with Crippen LogP contribution < -0.4 is 5.53 Å². The van der Waals surface area contributed by atoms with Crippen molar-refractivity contribution in [2.75, 3.05) is 26.7 Å². The number of nitrogens with zero attached hydrogens (tertiary/aromatic N) is 4. The second kappa shape index (κ2) is 9.63. The van der Waals surface area contributed by atoms with Crippen molar-refractivity contribution < 1.29 is 9.59 Å². The normalized spacial score (nSPS) is 20.4. The molecule has 1 saturated heterocycles. The van der Waals surface area contributed by atoms with Gasteiger partial charge in [-0.1, -0.05) is 41.0 Å². The van der Waals surface area contributed by atoms with Crippen LogP contribution in [-0.2, 0) is 4.79 Å². The Hall–Kier alpha value is -1.76. The zero-order valence-corrected chi connectivity index (χ0v) is 18.6. The van der Waals surface area contributed by atoms with Crippen molar-refractivity contribution in [1.82, 2.24) is 25.4 Å². The minimum absolute atomic E-state index is 0.0487. The van der Waals surface area contributed by atoms with E-state index in [4.69, 9.17) is 0 Å². The predicted molar refractivity (Wildman–Crippen MR) is 112 cm³/mol. The molecule has 0 saturated carbocycles. The molecule has 160 valence electrons. The van der Waals surface area contributed by atoms with Crippen LogP contribution in [0.4, 0.5) is 4.79 Å². The van der Waals surface area contributed by atoms with E-state index in [9.17, 15) is 9.59 Å². The Labute approximate surface area is 170 Å². The summed E-state index contributed by atoms with van der Waals surface area (Å²) in [5.41, 5.74) is 4.51. The van der Waals surface area contributed by atoms with Gasteiger partial charge in [-0.05, 0) is 31.1 Å². The van der Waals surface area contributed by atoms with Gasteiger partial charge in [0.15, 0.2) is 0 Å². The number of hydrazine groups is 2. The molecule has 0 aliphatic carbocycles. The second-order valence-corrected chi connectivity index (χ2v) is 9.01. The molecule has 2 rings (SSSR count). The van der Waals surface area contributed by atoms with Gasteiger partial charge in [-0.25, -0.2) is 4.79 Å². The number of hydrogen-bond acceptors (Lipinski definition) is 5. The highest BCUT2D eigenvalue weighted by Gasteiger charge is 2.45. The van der Waals surface area contributed by atoms with Crippen molar-refractivity contribution in [2.24, 2.45) is 5.41 Å². The molecule has 0 spiro atoms. The van der Waals surface area contributed by atoms with Gasteiger partial charge in [0.2, 0.25) is 5.91 Å². The van der Waals surface area contributed by atoms with E-state index in [-0.39, 0.29) is 23.4 Å². The van der Waals surface area contributed by atoms with E-state index in [0.29, 0.717) is 19.5 Å². The fraction of sp³-hybridized carbons (Fsp3) is 0.810. The number of hydrogen-bond donors (Lipinski definition) is 1. The van der Waals surface area contributed by atoms with Gasteiger partial charge in [0.25, 0.3) is 0 Å². The van der Waals surface area contributed by atoms with Crippen LogP contribution in [-0.4, -0.2) is 64.5 Å². The highest BCUT2D eigenvalue weighted by molar-refractivity contribution is 5.96. The lowest BCUT2D eigenvalue weighted by molar-refractivity contribution is -0.130. The summed E-state index contributed by atoms with van der Waals surface area (Å²) in [6.07, 6.45) is 7.85. The Bertz CT molecular complexity index is 584. The zero-order valence-electron chi connectivity index (χ0n) is 18.6. The molecule has 0 bridgehead atoms. The minimum atomic E-state index is -0.114. The van der Waals surface area contributed by atoms with Gasteiger partial charge >= 0.3 is 6.03 Å². The molecular weight excluding hydrogens is 354 g/mol. The van der Waals surface area contributed by atoms with Crippen LogP contribution in [0.25, 0.3) is 0 Å². The van der Waals surface area contributed by atoms with Gasteiger partial charge in [-0.2, -0.15) is 0 Å². The number of urea groups is 1. The molecule has 1 N–H and O–H groups in total. The number of nitrogens with one attached hydrogen (secondary N) is 1. The molecule has 2 heterocycles. The quantitative estimate of drug-likeness (QED) is 0.607. The average molecular weight is 394 g/mol. The Morgan fingerprint density at radius 3 is 2.50 bits per heavy atom. The molecule has 0 radical (unpaired) electrons. The minimum Gasteiger partial charge on any atom is -0.322 e. The monoisotopic (exact) mass is 393 g/mol. The summed E-state index contributed by atoms with van der Waals surface area (Å²) < 4.78 is 0. The van der Waals surface area contributed by atoms with Gasteiger partial charge in [-0.15, -0.1) is 5.53 Å². The standard InChI is InChI=1S/C21H39N5O2/c1-7-9-14-25-15-17(23(6)22-25)12-10-11-13-24-16-18(21(3,4)5)26(20(24)28)19(27)8-2/h15,18,22H,7-14,16H2,1-6H3/t18-/m1/s1. The first-order chi connectivity index (χ1) is 13.2. The lowest BCUT2D eigenvalue weighted by Gasteiger charge is -2.32. The number of amides is 3. The molecule has 0 aromatic rings. The SMILES string of the molecule is CCCCN1C=C(CCCCN2C[C@H](C(C)(C)C)N(C(=O)CC)C2=O)N(C)N1. The van der Waals surface area contributed by atoms with Crippen molar-refractivity contribution in [3.8, 4) is 0 Å². The molecule has 1 fully saturated rings. The molecule has 7 heteroatoms. The van der Waals surface area contributed by atoms with Crippen LogP contribution in [0.1, 0.15) is 73.1 Å². The molecule has 28 heavy (non-hydrogen) atoms. The van der Waals surface area contributed by atoms with E-state index in [1.807, 2.05) is 18.9 Å². The number of carbonyl (C=O) groups is 2. The largest absolute Gasteiger partial charge is 0.327 e. The van der Waals surface area contributed by atoms with Crippen molar-refractivity contribution in [3.05, 3.63) is 11.9 Å². The van der Waals surface area contributed by atoms with Gasteiger partial charge in [0.05, 0.1) is 6.04 Å². The third kappa shape index (κ3) is 5.40. The van der Waals surface area contributed by atoms with E-state index in [1.54, 1.807) is 0 Å². The molecule has 0 unspecified atom stereocenters. The van der Waals surface area contributed by atoms with Crippen LogP contribution in [0, 0.1) is 5.41 Å². The fourth-order valence-corrected chi connectivity index (χ4v) is 3.79. The number of allylic oxidation sites excluding steroid dienone is 1. The first-order valence-electron chi connectivity index (χ1n) is 10.8. The van der Waals surface area contributed by atoms with Crippen molar-refractivity contribution in [3.63, 3.8) is 0 Å². The summed E-state index contributed by atoms with van der Waals surface area (Å²) in [4.78, 5) is 28.5. The second-order valence-electron chi connectivity index (χ2n) is 9.01. The van der Waals surface area contributed by atoms with Crippen LogP contribution in [0.2, 0.25) is 0 Å². The van der Waals surface area contributed by atoms with E-state index in [1.165, 1.54) is 23.4 Å². The average Bonchev–Trinajstić information content (AvgIpc) is 3.16. The molecule has 7 nitrogen and oxygen atoms in total. The van der Waals surface area contributed by atoms with E-state index in [0.717, 1.165) is 25.8 Å². The molecular formula is C21H39N5O2. The van der Waals surface area contributed by atoms with Crippen molar-refractivity contribution in [2.45, 2.75) is 79.2 Å². The lowest BCUT2D eigenvalue weighted by atomic mass is 9.86. The summed E-state index contributed by atoms with van der Waals surface area (Å²) in [6, 6.07) is -0.163. The molecule has 0 aromatic heterocycles. The third-order valence-electron chi connectivity index (χ3n) is 5.63. The molecule has 2 aliphatic rings. The first-order valence-corrected chi connectivity index (χ1v) is 10.8. The first kappa shape index (κ1) is 22.5. The summed E-state index contributed by atoms with van der Waals surface area (Å²) >= 11 is 0. The molecule has 3 amide bonds. The summed E-state index contributed by atoms with van der Waals surface area (Å²) in [5, 5.41) is 4.22. The third-order valence-corrected chi connectivity index (χ3v) is 5.63. The maximum absolute atomic E-state index is 12.8. The number of carbonyl (C=O) groups excluding carboxylic acids is 2. The number of rotatable bonds is 9. The highest BCUT2D eigenvalue weighted by Crippen LogP contribution is 2.31. The van der Waals surface area contributed by atoms with Crippen molar-refractivity contribution >= 4 is 11.9 Å². The van der Waals surface area contributed by atoms with Crippen LogP contribution in [0.3, 0.4) is 0 Å². The van der Waals surface area contributed by atoms with Crippen molar-refractivity contribution in [1.29, 1.82) is 0 Å². The maximum Gasteiger partial charge on any atom is 0.327 e. The zero-order chi connectivity index (χ0) is 20.9. The summed E-state index contributed by atoms with van der Waals surface area (Å²) in [5.74, 6) is -0.0663. The predicted octanol–water partition coefficient (Wildman–Crippen LogP) is 3.55. The topological polar surface area (TPSA) is 59.1 Å². The number of imide groups is 1. The molecule has 1 atom stereocenters. The highest BCUT2D eigenvalue weighted by atomic mass is 16.2.